The Kier molecular flexibility index (Phi) is 2.95. The van der Waals surface area contributed by atoms with Crippen molar-refractivity contribution in [3.8, 4) is 0 Å². The van der Waals surface area contributed by atoms with E-state index < -0.39 is 0 Å². The van der Waals surface area contributed by atoms with Crippen LogP contribution >= 0.6 is 11.6 Å². The summed E-state index contributed by atoms with van der Waals surface area (Å²) in [5, 5.41) is 0. The summed E-state index contributed by atoms with van der Waals surface area (Å²) in [5.41, 5.74) is 2.44. The molecule has 0 saturated heterocycles. The fourth-order valence-corrected chi connectivity index (χ4v) is 1.38. The number of rotatable bonds is 2. The Hall–Kier alpha value is -0.490. The second-order valence-corrected chi connectivity index (χ2v) is 3.00. The Morgan fingerprint density at radius 1 is 1.45 bits per heavy atom. The predicted molar refractivity (Wildman–Crippen MR) is 49.8 cm³/mol. The molecule has 0 aliphatic carbocycles. The van der Waals surface area contributed by atoms with Gasteiger partial charge in [-0.25, -0.2) is 0 Å². The van der Waals surface area contributed by atoms with Crippen molar-refractivity contribution in [3.05, 3.63) is 42.3 Å². The van der Waals surface area contributed by atoms with E-state index in [-0.39, 0.29) is 0 Å². The average Bonchev–Trinajstić information content (AvgIpc) is 2.04. The van der Waals surface area contributed by atoms with Gasteiger partial charge in [-0.3, -0.25) is 0 Å². The van der Waals surface area contributed by atoms with E-state index in [0.29, 0.717) is 11.8 Å². The molecule has 0 nitrogen and oxygen atoms in total. The minimum absolute atomic E-state index is 0.324. The quantitative estimate of drug-likeness (QED) is 0.593. The smallest absolute Gasteiger partial charge is 0.0476 e. The zero-order chi connectivity index (χ0) is 8.27. The molecule has 11 heavy (non-hydrogen) atoms. The van der Waals surface area contributed by atoms with Crippen LogP contribution < -0.4 is 0 Å². The van der Waals surface area contributed by atoms with Crippen molar-refractivity contribution in [2.24, 2.45) is 0 Å². The van der Waals surface area contributed by atoms with Crippen LogP contribution in [-0.2, 0) is 5.88 Å². The number of alkyl halides is 1. The molecule has 0 amide bonds. The van der Waals surface area contributed by atoms with Gasteiger partial charge in [-0.2, -0.15) is 0 Å². The molecule has 0 aromatic heterocycles. The summed E-state index contributed by atoms with van der Waals surface area (Å²) in [5.74, 6) is 0.903. The highest BCUT2D eigenvalue weighted by Crippen LogP contribution is 2.19. The van der Waals surface area contributed by atoms with E-state index in [9.17, 15) is 0 Å². The second kappa shape index (κ2) is 3.77. The Morgan fingerprint density at radius 3 is 2.55 bits per heavy atom. The molecule has 1 radical (unpaired) electrons. The molecule has 0 saturated carbocycles. The Bertz CT molecular complexity index is 228. The van der Waals surface area contributed by atoms with Gasteiger partial charge >= 0.3 is 0 Å². The Labute approximate surface area is 73.2 Å². The molecule has 0 bridgehead atoms. The van der Waals surface area contributed by atoms with Gasteiger partial charge in [-0.1, -0.05) is 31.2 Å². The number of benzene rings is 1. The van der Waals surface area contributed by atoms with Crippen molar-refractivity contribution >= 4 is 11.6 Å². The number of hydrogen-bond donors (Lipinski definition) is 0. The lowest BCUT2D eigenvalue weighted by atomic mass is 9.98. The van der Waals surface area contributed by atoms with Crippen molar-refractivity contribution in [2.45, 2.75) is 18.7 Å². The normalized spacial score (nSPS) is 10.5. The van der Waals surface area contributed by atoms with Crippen molar-refractivity contribution in [3.63, 3.8) is 0 Å². The number of halogens is 1. The first-order chi connectivity index (χ1) is 5.25. The molecule has 0 aliphatic heterocycles. The standard InChI is InChI=1S/C10H12Cl/c1-8(2)10-6-4-3-5-9(10)7-11/h3-6,8H,1,7H2,2H3. The zero-order valence-electron chi connectivity index (χ0n) is 6.68. The zero-order valence-corrected chi connectivity index (χ0v) is 7.43. The summed E-state index contributed by atoms with van der Waals surface area (Å²) in [6, 6.07) is 8.15. The molecule has 0 aliphatic rings. The third kappa shape index (κ3) is 1.97. The van der Waals surface area contributed by atoms with Crippen LogP contribution in [0.15, 0.2) is 24.3 Å². The lowest BCUT2D eigenvalue weighted by Crippen LogP contribution is -1.92. The van der Waals surface area contributed by atoms with Crippen LogP contribution in [0.3, 0.4) is 0 Å². The van der Waals surface area contributed by atoms with Gasteiger partial charge in [0, 0.05) is 5.88 Å². The van der Waals surface area contributed by atoms with E-state index in [1.54, 1.807) is 0 Å². The Morgan fingerprint density at radius 2 is 2.09 bits per heavy atom. The minimum atomic E-state index is 0.324. The largest absolute Gasteiger partial charge is 0.122 e. The molecule has 1 aromatic carbocycles. The third-order valence-electron chi connectivity index (χ3n) is 1.73. The van der Waals surface area contributed by atoms with Gasteiger partial charge in [-0.15, -0.1) is 11.6 Å². The summed E-state index contributed by atoms with van der Waals surface area (Å²) in [4.78, 5) is 0. The average molecular weight is 168 g/mol. The number of hydrogen-bond acceptors (Lipinski definition) is 0. The van der Waals surface area contributed by atoms with Crippen LogP contribution in [0.25, 0.3) is 0 Å². The molecule has 1 atom stereocenters. The summed E-state index contributed by atoms with van der Waals surface area (Å²) in [6.07, 6.45) is 0. The first-order valence-electron chi connectivity index (χ1n) is 3.72. The van der Waals surface area contributed by atoms with Gasteiger partial charge in [-0.05, 0) is 24.0 Å². The van der Waals surface area contributed by atoms with E-state index >= 15 is 0 Å². The second-order valence-electron chi connectivity index (χ2n) is 2.73. The monoisotopic (exact) mass is 167 g/mol. The van der Waals surface area contributed by atoms with Crippen LogP contribution in [-0.4, -0.2) is 0 Å². The fourth-order valence-electron chi connectivity index (χ4n) is 1.14. The maximum absolute atomic E-state index is 5.75. The van der Waals surface area contributed by atoms with Gasteiger partial charge < -0.3 is 0 Å². The molecule has 0 spiro atoms. The molecular formula is C10H12Cl. The van der Waals surface area contributed by atoms with Gasteiger partial charge in [0.15, 0.2) is 0 Å². The maximum atomic E-state index is 5.75. The highest BCUT2D eigenvalue weighted by molar-refractivity contribution is 6.17. The van der Waals surface area contributed by atoms with E-state index in [0.717, 1.165) is 0 Å². The maximum Gasteiger partial charge on any atom is 0.0476 e. The molecule has 0 fully saturated rings. The molecule has 59 valence electrons. The first kappa shape index (κ1) is 8.61. The van der Waals surface area contributed by atoms with Gasteiger partial charge in [0.2, 0.25) is 0 Å². The third-order valence-corrected chi connectivity index (χ3v) is 2.02. The molecule has 1 rings (SSSR count). The van der Waals surface area contributed by atoms with Gasteiger partial charge in [0.1, 0.15) is 0 Å². The van der Waals surface area contributed by atoms with E-state index in [1.807, 2.05) is 18.2 Å². The summed E-state index contributed by atoms with van der Waals surface area (Å²) in [6.45, 7) is 6.03. The Balaban J connectivity index is 3.02. The fraction of sp³-hybridized carbons (Fsp3) is 0.300. The van der Waals surface area contributed by atoms with Crippen LogP contribution in [0.2, 0.25) is 0 Å². The van der Waals surface area contributed by atoms with Crippen molar-refractivity contribution < 1.29 is 0 Å². The summed E-state index contributed by atoms with van der Waals surface area (Å²) in [7, 11) is 0. The highest BCUT2D eigenvalue weighted by Gasteiger charge is 2.03. The summed E-state index contributed by atoms with van der Waals surface area (Å²) >= 11 is 5.75. The van der Waals surface area contributed by atoms with Crippen LogP contribution in [0.4, 0.5) is 0 Å². The van der Waals surface area contributed by atoms with Crippen molar-refractivity contribution in [2.75, 3.05) is 0 Å². The van der Waals surface area contributed by atoms with E-state index in [1.165, 1.54) is 11.1 Å². The SMILES string of the molecule is [CH2]C(C)c1ccccc1CCl. The molecule has 0 heterocycles. The van der Waals surface area contributed by atoms with Crippen LogP contribution in [0.1, 0.15) is 24.0 Å². The molecule has 1 unspecified atom stereocenters. The van der Waals surface area contributed by atoms with Crippen molar-refractivity contribution in [1.29, 1.82) is 0 Å². The molecule has 1 heteroatoms. The minimum Gasteiger partial charge on any atom is -0.122 e. The summed E-state index contributed by atoms with van der Waals surface area (Å²) < 4.78 is 0. The van der Waals surface area contributed by atoms with E-state index in [2.05, 4.69) is 19.9 Å². The lowest BCUT2D eigenvalue weighted by Gasteiger charge is -2.09. The lowest BCUT2D eigenvalue weighted by molar-refractivity contribution is 0.945. The highest BCUT2D eigenvalue weighted by atomic mass is 35.5. The van der Waals surface area contributed by atoms with Gasteiger partial charge in [0.25, 0.3) is 0 Å². The van der Waals surface area contributed by atoms with Crippen molar-refractivity contribution in [1.82, 2.24) is 0 Å². The van der Waals surface area contributed by atoms with Crippen LogP contribution in [0, 0.1) is 6.92 Å². The molecular weight excluding hydrogens is 156 g/mol. The molecule has 0 N–H and O–H groups in total. The van der Waals surface area contributed by atoms with Crippen LogP contribution in [0.5, 0.6) is 0 Å². The van der Waals surface area contributed by atoms with E-state index in [4.69, 9.17) is 11.6 Å². The first-order valence-corrected chi connectivity index (χ1v) is 4.26. The van der Waals surface area contributed by atoms with Gasteiger partial charge in [0.05, 0.1) is 0 Å². The molecule has 1 aromatic rings. The topological polar surface area (TPSA) is 0 Å². The predicted octanol–water partition coefficient (Wildman–Crippen LogP) is 3.36.